The van der Waals surface area contributed by atoms with Crippen LogP contribution in [0.3, 0.4) is 0 Å². The molecule has 1 aliphatic rings. The molecule has 2 amide bonds. The number of hydrogen-bond donors (Lipinski definition) is 1. The highest BCUT2D eigenvalue weighted by molar-refractivity contribution is 6.01. The van der Waals surface area contributed by atoms with Gasteiger partial charge in [0, 0.05) is 24.6 Å². The lowest BCUT2D eigenvalue weighted by atomic mass is 10.1. The number of amides is 2. The van der Waals surface area contributed by atoms with E-state index in [2.05, 4.69) is 10.5 Å². The average Bonchev–Trinajstić information content (AvgIpc) is 2.98. The van der Waals surface area contributed by atoms with Crippen LogP contribution in [0.15, 0.2) is 28.8 Å². The van der Waals surface area contributed by atoms with Crippen molar-refractivity contribution >= 4 is 29.1 Å². The molecule has 1 aromatic heterocycles. The zero-order chi connectivity index (χ0) is 18.0. The van der Waals surface area contributed by atoms with E-state index in [0.717, 1.165) is 0 Å². The Morgan fingerprint density at radius 3 is 2.80 bits per heavy atom. The molecule has 0 bridgehead atoms. The Hall–Kier alpha value is -3.16. The Bertz CT molecular complexity index is 843. The number of anilines is 2. The second kappa shape index (κ2) is 6.76. The van der Waals surface area contributed by atoms with Crippen LogP contribution < -0.4 is 15.0 Å². The van der Waals surface area contributed by atoms with Crippen LogP contribution in [0.25, 0.3) is 0 Å². The van der Waals surface area contributed by atoms with Crippen molar-refractivity contribution < 1.29 is 23.6 Å². The maximum absolute atomic E-state index is 12.2. The Morgan fingerprint density at radius 2 is 2.12 bits per heavy atom. The Kier molecular flexibility index (Phi) is 4.51. The van der Waals surface area contributed by atoms with Gasteiger partial charge < -0.3 is 19.5 Å². The van der Waals surface area contributed by atoms with Crippen LogP contribution in [-0.2, 0) is 9.59 Å². The summed E-state index contributed by atoms with van der Waals surface area (Å²) in [6.07, 6.45) is 0.0708. The van der Waals surface area contributed by atoms with Crippen LogP contribution >= 0.6 is 0 Å². The van der Waals surface area contributed by atoms with E-state index in [4.69, 9.17) is 9.26 Å². The van der Waals surface area contributed by atoms with Crippen molar-refractivity contribution in [2.24, 2.45) is 0 Å². The van der Waals surface area contributed by atoms with E-state index >= 15 is 0 Å². The summed E-state index contributed by atoms with van der Waals surface area (Å²) in [6, 6.07) is 6.51. The Balaban J connectivity index is 1.71. The second-order valence-electron chi connectivity index (χ2n) is 5.69. The zero-order valence-electron chi connectivity index (χ0n) is 13.9. The van der Waals surface area contributed by atoms with Gasteiger partial charge in [0.2, 0.25) is 5.91 Å². The number of carbonyl (C=O) groups excluding carboxylic acids is 3. The van der Waals surface area contributed by atoms with E-state index in [1.54, 1.807) is 31.2 Å². The normalized spacial score (nSPS) is 13.2. The molecule has 0 atom stereocenters. The van der Waals surface area contributed by atoms with Crippen molar-refractivity contribution in [3.63, 3.8) is 0 Å². The minimum atomic E-state index is -0.295. The number of rotatable bonds is 5. The topological polar surface area (TPSA) is 102 Å². The lowest BCUT2D eigenvalue weighted by Gasteiger charge is -2.29. The van der Waals surface area contributed by atoms with Crippen molar-refractivity contribution in [3.05, 3.63) is 35.6 Å². The lowest BCUT2D eigenvalue weighted by Crippen LogP contribution is -2.40. The molecule has 2 aromatic rings. The maximum Gasteiger partial charge on any atom is 0.265 e. The van der Waals surface area contributed by atoms with Gasteiger partial charge in [0.05, 0.1) is 5.69 Å². The summed E-state index contributed by atoms with van der Waals surface area (Å²) >= 11 is 0. The molecule has 2 heterocycles. The fraction of sp³-hybridized carbons (Fsp3) is 0.294. The molecule has 25 heavy (non-hydrogen) atoms. The third-order valence-electron chi connectivity index (χ3n) is 3.77. The summed E-state index contributed by atoms with van der Waals surface area (Å²) in [5, 5.41) is 6.29. The van der Waals surface area contributed by atoms with Crippen molar-refractivity contribution in [1.29, 1.82) is 0 Å². The number of benzene rings is 1. The van der Waals surface area contributed by atoms with Gasteiger partial charge in [0.15, 0.2) is 18.2 Å². The summed E-state index contributed by atoms with van der Waals surface area (Å²) in [6.45, 7) is 3.24. The second-order valence-corrected chi connectivity index (χ2v) is 5.69. The third kappa shape index (κ3) is 3.68. The average molecular weight is 343 g/mol. The molecule has 1 aromatic carbocycles. The van der Waals surface area contributed by atoms with Crippen LogP contribution in [-0.4, -0.2) is 35.9 Å². The molecule has 0 fully saturated rings. The molecule has 0 spiro atoms. The van der Waals surface area contributed by atoms with E-state index in [1.165, 1.54) is 11.8 Å². The standard InChI is InChI=1S/C17H17N3O5/c1-10-7-15(19-25-10)18-16(22)5-6-20-13-8-12(11(2)21)3-4-14(13)24-9-17(20)23/h3-4,7-8H,5-6,9H2,1-2H3,(H,18,19,22). The van der Waals surface area contributed by atoms with Gasteiger partial charge in [-0.1, -0.05) is 5.16 Å². The molecule has 8 heteroatoms. The van der Waals surface area contributed by atoms with Gasteiger partial charge in [-0.2, -0.15) is 0 Å². The molecular weight excluding hydrogens is 326 g/mol. The molecule has 0 radical (unpaired) electrons. The number of aryl methyl sites for hydroxylation is 1. The number of fused-ring (bicyclic) bond motifs is 1. The number of carbonyl (C=O) groups is 3. The molecular formula is C17H17N3O5. The Morgan fingerprint density at radius 1 is 1.32 bits per heavy atom. The van der Waals surface area contributed by atoms with Gasteiger partial charge in [0.1, 0.15) is 11.5 Å². The number of hydrogen-bond acceptors (Lipinski definition) is 6. The molecule has 1 N–H and O–H groups in total. The van der Waals surface area contributed by atoms with E-state index in [0.29, 0.717) is 28.6 Å². The maximum atomic E-state index is 12.2. The highest BCUT2D eigenvalue weighted by Crippen LogP contribution is 2.33. The minimum Gasteiger partial charge on any atom is -0.482 e. The lowest BCUT2D eigenvalue weighted by molar-refractivity contribution is -0.121. The van der Waals surface area contributed by atoms with Gasteiger partial charge in [-0.25, -0.2) is 0 Å². The molecule has 0 saturated carbocycles. The molecule has 8 nitrogen and oxygen atoms in total. The minimum absolute atomic E-state index is 0.0708. The molecule has 1 aliphatic heterocycles. The fourth-order valence-corrected chi connectivity index (χ4v) is 2.51. The molecule has 0 aliphatic carbocycles. The van der Waals surface area contributed by atoms with Crippen LogP contribution in [0.1, 0.15) is 29.5 Å². The van der Waals surface area contributed by atoms with E-state index < -0.39 is 0 Å². The number of ketones is 1. The van der Waals surface area contributed by atoms with Crippen molar-refractivity contribution in [1.82, 2.24) is 5.16 Å². The molecule has 3 rings (SSSR count). The summed E-state index contributed by atoms with van der Waals surface area (Å²) in [7, 11) is 0. The highest BCUT2D eigenvalue weighted by Gasteiger charge is 2.26. The number of nitrogens with one attached hydrogen (secondary N) is 1. The SMILES string of the molecule is CC(=O)c1ccc2c(c1)N(CCC(=O)Nc1cc(C)on1)C(=O)CO2. The van der Waals surface area contributed by atoms with Gasteiger partial charge >= 0.3 is 0 Å². The number of Topliss-reactive ketones (excluding diaryl/α,β-unsaturated/α-hetero) is 1. The third-order valence-corrected chi connectivity index (χ3v) is 3.77. The number of ether oxygens (including phenoxy) is 1. The highest BCUT2D eigenvalue weighted by atomic mass is 16.5. The first-order chi connectivity index (χ1) is 11.9. The van der Waals surface area contributed by atoms with Crippen LogP contribution in [0.5, 0.6) is 5.75 Å². The van der Waals surface area contributed by atoms with Crippen molar-refractivity contribution in [3.8, 4) is 5.75 Å². The zero-order valence-corrected chi connectivity index (χ0v) is 13.9. The summed E-state index contributed by atoms with van der Waals surface area (Å²) in [4.78, 5) is 37.2. The van der Waals surface area contributed by atoms with Crippen LogP contribution in [0, 0.1) is 6.92 Å². The van der Waals surface area contributed by atoms with E-state index in [9.17, 15) is 14.4 Å². The van der Waals surface area contributed by atoms with Crippen molar-refractivity contribution in [2.45, 2.75) is 20.3 Å². The summed E-state index contributed by atoms with van der Waals surface area (Å²) in [5.74, 6) is 0.756. The Labute approximate surface area is 143 Å². The van der Waals surface area contributed by atoms with E-state index in [1.807, 2.05) is 0 Å². The predicted octanol–water partition coefficient (Wildman–Crippen LogP) is 1.94. The predicted molar refractivity (Wildman–Crippen MR) is 88.8 cm³/mol. The molecule has 0 unspecified atom stereocenters. The number of nitrogens with zero attached hydrogens (tertiary/aromatic N) is 2. The van der Waals surface area contributed by atoms with Gasteiger partial charge in [0.25, 0.3) is 5.91 Å². The quantitative estimate of drug-likeness (QED) is 0.833. The molecule has 130 valence electrons. The van der Waals surface area contributed by atoms with Gasteiger partial charge in [-0.15, -0.1) is 0 Å². The van der Waals surface area contributed by atoms with Crippen LogP contribution in [0.2, 0.25) is 0 Å². The van der Waals surface area contributed by atoms with Crippen LogP contribution in [0.4, 0.5) is 11.5 Å². The van der Waals surface area contributed by atoms with E-state index in [-0.39, 0.29) is 37.2 Å². The molecule has 0 saturated heterocycles. The largest absolute Gasteiger partial charge is 0.482 e. The first kappa shape index (κ1) is 16.7. The van der Waals surface area contributed by atoms with Gasteiger partial charge in [-0.05, 0) is 32.0 Å². The smallest absolute Gasteiger partial charge is 0.265 e. The van der Waals surface area contributed by atoms with Crippen molar-refractivity contribution in [2.75, 3.05) is 23.4 Å². The summed E-state index contributed by atoms with van der Waals surface area (Å²) < 4.78 is 10.3. The fourth-order valence-electron chi connectivity index (χ4n) is 2.51. The summed E-state index contributed by atoms with van der Waals surface area (Å²) in [5.41, 5.74) is 0.971. The first-order valence-electron chi connectivity index (χ1n) is 7.75. The monoisotopic (exact) mass is 343 g/mol. The number of aromatic nitrogens is 1. The van der Waals surface area contributed by atoms with Gasteiger partial charge in [-0.3, -0.25) is 14.4 Å². The first-order valence-corrected chi connectivity index (χ1v) is 7.75.